The maximum absolute atomic E-state index is 5.63. The molecule has 0 amide bonds. The lowest BCUT2D eigenvalue weighted by atomic mass is 9.96. The predicted molar refractivity (Wildman–Crippen MR) is 66.9 cm³/mol. The van der Waals surface area contributed by atoms with Crippen LogP contribution in [0.25, 0.3) is 0 Å². The summed E-state index contributed by atoms with van der Waals surface area (Å²) in [5.74, 6) is 0.695. The van der Waals surface area contributed by atoms with Gasteiger partial charge < -0.3 is 5.73 Å². The van der Waals surface area contributed by atoms with E-state index >= 15 is 0 Å². The van der Waals surface area contributed by atoms with Crippen LogP contribution in [-0.2, 0) is 0 Å². The van der Waals surface area contributed by atoms with Crippen molar-refractivity contribution in [1.29, 1.82) is 0 Å². The van der Waals surface area contributed by atoms with Crippen molar-refractivity contribution in [2.45, 2.75) is 65.0 Å². The van der Waals surface area contributed by atoms with Gasteiger partial charge in [-0.05, 0) is 58.5 Å². The van der Waals surface area contributed by atoms with Crippen molar-refractivity contribution in [3.8, 4) is 0 Å². The molecule has 90 valence electrons. The van der Waals surface area contributed by atoms with E-state index in [9.17, 15) is 0 Å². The van der Waals surface area contributed by atoms with Gasteiger partial charge in [-0.3, -0.25) is 4.90 Å². The molecule has 3 atom stereocenters. The molecule has 2 nitrogen and oxygen atoms in total. The quantitative estimate of drug-likeness (QED) is 0.759. The normalized spacial score (nSPS) is 30.4. The highest BCUT2D eigenvalue weighted by molar-refractivity contribution is 4.79. The molecule has 1 fully saturated rings. The van der Waals surface area contributed by atoms with Gasteiger partial charge in [0.1, 0.15) is 0 Å². The minimum absolute atomic E-state index is 0.695. The molecule has 15 heavy (non-hydrogen) atoms. The molecule has 1 aliphatic heterocycles. The van der Waals surface area contributed by atoms with Crippen molar-refractivity contribution in [3.63, 3.8) is 0 Å². The number of hydrogen-bond donors (Lipinski definition) is 1. The minimum atomic E-state index is 0.695. The van der Waals surface area contributed by atoms with Crippen molar-refractivity contribution >= 4 is 0 Å². The third-order valence-electron chi connectivity index (χ3n) is 3.89. The Balaban J connectivity index is 2.23. The van der Waals surface area contributed by atoms with Gasteiger partial charge in [-0.2, -0.15) is 0 Å². The Bertz CT molecular complexity index is 160. The molecule has 2 heteroatoms. The van der Waals surface area contributed by atoms with Crippen LogP contribution in [-0.4, -0.2) is 30.1 Å². The van der Waals surface area contributed by atoms with Gasteiger partial charge in [0.2, 0.25) is 0 Å². The molecular formula is C13H28N2. The minimum Gasteiger partial charge on any atom is -0.330 e. The molecule has 0 aromatic heterocycles. The molecule has 1 saturated heterocycles. The van der Waals surface area contributed by atoms with Crippen LogP contribution in [0.15, 0.2) is 0 Å². The summed E-state index contributed by atoms with van der Waals surface area (Å²) in [6.45, 7) is 9.12. The zero-order valence-corrected chi connectivity index (χ0v) is 10.7. The summed E-state index contributed by atoms with van der Waals surface area (Å²) in [6, 6.07) is 1.59. The molecule has 0 radical (unpaired) electrons. The average Bonchev–Trinajstić information content (AvgIpc) is 2.22. The van der Waals surface area contributed by atoms with E-state index in [-0.39, 0.29) is 0 Å². The summed E-state index contributed by atoms with van der Waals surface area (Å²) in [4.78, 5) is 2.69. The van der Waals surface area contributed by atoms with Crippen LogP contribution >= 0.6 is 0 Å². The first-order valence-corrected chi connectivity index (χ1v) is 6.61. The van der Waals surface area contributed by atoms with E-state index in [1.54, 1.807) is 0 Å². The monoisotopic (exact) mass is 212 g/mol. The number of nitrogens with zero attached hydrogens (tertiary/aromatic N) is 1. The van der Waals surface area contributed by atoms with Crippen LogP contribution in [0, 0.1) is 5.92 Å². The predicted octanol–water partition coefficient (Wildman–Crippen LogP) is 2.62. The first kappa shape index (κ1) is 13.0. The second kappa shape index (κ2) is 6.49. The van der Waals surface area contributed by atoms with Crippen LogP contribution in [0.5, 0.6) is 0 Å². The Kier molecular flexibility index (Phi) is 5.62. The van der Waals surface area contributed by atoms with E-state index in [1.807, 2.05) is 0 Å². The van der Waals surface area contributed by atoms with E-state index in [0.717, 1.165) is 18.6 Å². The van der Waals surface area contributed by atoms with Gasteiger partial charge in [-0.1, -0.05) is 13.3 Å². The van der Waals surface area contributed by atoms with Crippen LogP contribution in [0.2, 0.25) is 0 Å². The van der Waals surface area contributed by atoms with E-state index < -0.39 is 0 Å². The SMILES string of the molecule is CC(CN)CCCN1[C@H](C)CCC[C@@H]1C. The lowest BCUT2D eigenvalue weighted by Gasteiger charge is -2.39. The Morgan fingerprint density at radius 2 is 1.87 bits per heavy atom. The van der Waals surface area contributed by atoms with Crippen molar-refractivity contribution in [2.24, 2.45) is 11.7 Å². The van der Waals surface area contributed by atoms with Gasteiger partial charge >= 0.3 is 0 Å². The zero-order valence-electron chi connectivity index (χ0n) is 10.7. The molecule has 0 aromatic rings. The fourth-order valence-electron chi connectivity index (χ4n) is 2.66. The molecule has 1 aliphatic rings. The average molecular weight is 212 g/mol. The zero-order chi connectivity index (χ0) is 11.3. The third-order valence-corrected chi connectivity index (χ3v) is 3.89. The largest absolute Gasteiger partial charge is 0.330 e. The number of piperidine rings is 1. The summed E-state index contributed by atoms with van der Waals surface area (Å²) in [6.07, 6.45) is 6.78. The Labute approximate surface area is 95.2 Å². The van der Waals surface area contributed by atoms with Gasteiger partial charge in [0.15, 0.2) is 0 Å². The topological polar surface area (TPSA) is 29.3 Å². The molecule has 0 bridgehead atoms. The van der Waals surface area contributed by atoms with Crippen LogP contribution in [0.1, 0.15) is 52.9 Å². The molecule has 1 rings (SSSR count). The Morgan fingerprint density at radius 1 is 1.27 bits per heavy atom. The maximum atomic E-state index is 5.63. The van der Waals surface area contributed by atoms with Gasteiger partial charge in [0.05, 0.1) is 0 Å². The van der Waals surface area contributed by atoms with Gasteiger partial charge in [-0.25, -0.2) is 0 Å². The summed E-state index contributed by atoms with van der Waals surface area (Å²) in [5, 5.41) is 0. The van der Waals surface area contributed by atoms with E-state index in [1.165, 1.54) is 38.6 Å². The highest BCUT2D eigenvalue weighted by Gasteiger charge is 2.23. The number of hydrogen-bond acceptors (Lipinski definition) is 2. The second-order valence-corrected chi connectivity index (χ2v) is 5.35. The van der Waals surface area contributed by atoms with Crippen molar-refractivity contribution < 1.29 is 0 Å². The van der Waals surface area contributed by atoms with Crippen molar-refractivity contribution in [2.75, 3.05) is 13.1 Å². The van der Waals surface area contributed by atoms with Crippen molar-refractivity contribution in [3.05, 3.63) is 0 Å². The van der Waals surface area contributed by atoms with Gasteiger partial charge in [0.25, 0.3) is 0 Å². The molecule has 2 N–H and O–H groups in total. The highest BCUT2D eigenvalue weighted by Crippen LogP contribution is 2.23. The number of likely N-dealkylation sites (tertiary alicyclic amines) is 1. The summed E-state index contributed by atoms with van der Waals surface area (Å²) < 4.78 is 0. The first-order valence-electron chi connectivity index (χ1n) is 6.61. The van der Waals surface area contributed by atoms with Crippen LogP contribution in [0.3, 0.4) is 0 Å². The second-order valence-electron chi connectivity index (χ2n) is 5.35. The van der Waals surface area contributed by atoms with Crippen LogP contribution < -0.4 is 5.73 Å². The maximum Gasteiger partial charge on any atom is 0.00697 e. The number of rotatable bonds is 5. The molecular weight excluding hydrogens is 184 g/mol. The standard InChI is InChI=1S/C13H28N2/c1-11(10-14)6-5-9-15-12(2)7-4-8-13(15)3/h11-13H,4-10,14H2,1-3H3/t11?,12-,13+. The first-order chi connectivity index (χ1) is 7.15. The lowest BCUT2D eigenvalue weighted by Crippen LogP contribution is -2.44. The summed E-state index contributed by atoms with van der Waals surface area (Å²) in [7, 11) is 0. The van der Waals surface area contributed by atoms with Crippen LogP contribution in [0.4, 0.5) is 0 Å². The van der Waals surface area contributed by atoms with Gasteiger partial charge in [0, 0.05) is 12.1 Å². The lowest BCUT2D eigenvalue weighted by molar-refractivity contribution is 0.1000. The van der Waals surface area contributed by atoms with E-state index in [2.05, 4.69) is 25.7 Å². The molecule has 0 saturated carbocycles. The van der Waals surface area contributed by atoms with Gasteiger partial charge in [-0.15, -0.1) is 0 Å². The molecule has 0 aromatic carbocycles. The molecule has 1 unspecified atom stereocenters. The highest BCUT2D eigenvalue weighted by atomic mass is 15.2. The molecule has 0 aliphatic carbocycles. The van der Waals surface area contributed by atoms with E-state index in [0.29, 0.717) is 5.92 Å². The summed E-state index contributed by atoms with van der Waals surface area (Å²) >= 11 is 0. The summed E-state index contributed by atoms with van der Waals surface area (Å²) in [5.41, 5.74) is 5.63. The fourth-order valence-corrected chi connectivity index (χ4v) is 2.66. The Morgan fingerprint density at radius 3 is 2.40 bits per heavy atom. The smallest absolute Gasteiger partial charge is 0.00697 e. The van der Waals surface area contributed by atoms with E-state index in [4.69, 9.17) is 5.73 Å². The molecule has 1 heterocycles. The van der Waals surface area contributed by atoms with Crippen molar-refractivity contribution in [1.82, 2.24) is 4.90 Å². The molecule has 0 spiro atoms. The number of nitrogens with two attached hydrogens (primary N) is 1. The third kappa shape index (κ3) is 4.12. The fraction of sp³-hybridized carbons (Fsp3) is 1.00. The Hall–Kier alpha value is -0.0800.